The zero-order valence-electron chi connectivity index (χ0n) is 11.3. The van der Waals surface area contributed by atoms with E-state index in [0.29, 0.717) is 11.3 Å². The highest BCUT2D eigenvalue weighted by atomic mass is 19.1. The van der Waals surface area contributed by atoms with E-state index in [9.17, 15) is 9.50 Å². The Labute approximate surface area is 117 Å². The first-order valence-corrected chi connectivity index (χ1v) is 6.48. The lowest BCUT2D eigenvalue weighted by molar-refractivity contribution is 0.108. The van der Waals surface area contributed by atoms with Gasteiger partial charge in [-0.25, -0.2) is 4.39 Å². The molecule has 0 fully saturated rings. The molecule has 0 aliphatic rings. The average Bonchev–Trinajstić information content (AvgIpc) is 2.45. The van der Waals surface area contributed by atoms with E-state index in [1.807, 2.05) is 30.3 Å². The van der Waals surface area contributed by atoms with Gasteiger partial charge in [-0.1, -0.05) is 36.4 Å². The monoisotopic (exact) mass is 275 g/mol. The Hall–Kier alpha value is -1.91. The van der Waals surface area contributed by atoms with Gasteiger partial charge in [0.05, 0.1) is 0 Å². The summed E-state index contributed by atoms with van der Waals surface area (Å²) in [6.45, 7) is 1.79. The van der Waals surface area contributed by atoms with Crippen molar-refractivity contribution < 1.29 is 14.2 Å². The normalized spacial score (nSPS) is 13.8. The Bertz CT molecular complexity index is 558. The standard InChI is InChI=1S/C16H18FNO2/c1-11(18)14-8-7-13(9-15(14)17)20-10-16(19)12-5-3-2-4-6-12/h2-9,11,16,19H,10,18H2,1H3/t11-,16?/m1/s1. The fourth-order valence-corrected chi connectivity index (χ4v) is 1.91. The van der Waals surface area contributed by atoms with E-state index < -0.39 is 11.9 Å². The average molecular weight is 275 g/mol. The van der Waals surface area contributed by atoms with Crippen molar-refractivity contribution in [1.29, 1.82) is 0 Å². The van der Waals surface area contributed by atoms with Gasteiger partial charge < -0.3 is 15.6 Å². The smallest absolute Gasteiger partial charge is 0.131 e. The number of halogens is 1. The molecule has 0 aliphatic heterocycles. The van der Waals surface area contributed by atoms with Crippen LogP contribution in [0.4, 0.5) is 4.39 Å². The van der Waals surface area contributed by atoms with Gasteiger partial charge in [-0.2, -0.15) is 0 Å². The molecular formula is C16H18FNO2. The van der Waals surface area contributed by atoms with Crippen LogP contribution in [0.1, 0.15) is 30.2 Å². The fraction of sp³-hybridized carbons (Fsp3) is 0.250. The van der Waals surface area contributed by atoms with Gasteiger partial charge in [0.1, 0.15) is 24.3 Å². The van der Waals surface area contributed by atoms with Crippen molar-refractivity contribution >= 4 is 0 Å². The summed E-state index contributed by atoms with van der Waals surface area (Å²) < 4.78 is 19.1. The van der Waals surface area contributed by atoms with Crippen LogP contribution in [0.15, 0.2) is 48.5 Å². The van der Waals surface area contributed by atoms with Crippen LogP contribution in [0.2, 0.25) is 0 Å². The fourth-order valence-electron chi connectivity index (χ4n) is 1.91. The molecule has 4 heteroatoms. The number of ether oxygens (including phenoxy) is 1. The molecular weight excluding hydrogens is 257 g/mol. The quantitative estimate of drug-likeness (QED) is 0.882. The second-order valence-corrected chi connectivity index (χ2v) is 4.71. The Morgan fingerprint density at radius 2 is 1.90 bits per heavy atom. The van der Waals surface area contributed by atoms with Crippen molar-refractivity contribution in [2.45, 2.75) is 19.1 Å². The Morgan fingerprint density at radius 3 is 2.50 bits per heavy atom. The third kappa shape index (κ3) is 3.56. The molecule has 0 amide bonds. The van der Waals surface area contributed by atoms with E-state index in [1.165, 1.54) is 6.07 Å². The van der Waals surface area contributed by atoms with Crippen LogP contribution in [0.5, 0.6) is 5.75 Å². The zero-order valence-corrected chi connectivity index (χ0v) is 11.3. The highest BCUT2D eigenvalue weighted by Crippen LogP contribution is 2.22. The van der Waals surface area contributed by atoms with Gasteiger partial charge in [-0.15, -0.1) is 0 Å². The predicted molar refractivity (Wildman–Crippen MR) is 75.9 cm³/mol. The van der Waals surface area contributed by atoms with Gasteiger partial charge in [0.25, 0.3) is 0 Å². The minimum atomic E-state index is -0.743. The molecule has 0 saturated carbocycles. The van der Waals surface area contributed by atoms with E-state index in [2.05, 4.69) is 0 Å². The SMILES string of the molecule is C[C@@H](N)c1ccc(OCC(O)c2ccccc2)cc1F. The summed E-state index contributed by atoms with van der Waals surface area (Å²) in [5.74, 6) is -0.0198. The highest BCUT2D eigenvalue weighted by molar-refractivity contribution is 5.30. The van der Waals surface area contributed by atoms with E-state index in [4.69, 9.17) is 10.5 Å². The highest BCUT2D eigenvalue weighted by Gasteiger charge is 2.10. The van der Waals surface area contributed by atoms with Gasteiger partial charge in [0.2, 0.25) is 0 Å². The molecule has 2 aromatic carbocycles. The number of rotatable bonds is 5. The molecule has 2 rings (SSSR count). The molecule has 0 spiro atoms. The molecule has 0 heterocycles. The third-order valence-electron chi connectivity index (χ3n) is 3.05. The molecule has 3 nitrogen and oxygen atoms in total. The lowest BCUT2D eigenvalue weighted by atomic mass is 10.1. The summed E-state index contributed by atoms with van der Waals surface area (Å²) >= 11 is 0. The van der Waals surface area contributed by atoms with Crippen LogP contribution in [-0.2, 0) is 0 Å². The summed E-state index contributed by atoms with van der Waals surface area (Å²) in [6, 6.07) is 13.4. The topological polar surface area (TPSA) is 55.5 Å². The van der Waals surface area contributed by atoms with Gasteiger partial charge >= 0.3 is 0 Å². The van der Waals surface area contributed by atoms with E-state index >= 15 is 0 Å². The molecule has 0 aliphatic carbocycles. The second-order valence-electron chi connectivity index (χ2n) is 4.71. The van der Waals surface area contributed by atoms with Crippen LogP contribution in [0.25, 0.3) is 0 Å². The van der Waals surface area contributed by atoms with Crippen molar-refractivity contribution in [3.63, 3.8) is 0 Å². The van der Waals surface area contributed by atoms with Crippen molar-refractivity contribution in [2.75, 3.05) is 6.61 Å². The Balaban J connectivity index is 1.99. The van der Waals surface area contributed by atoms with Crippen molar-refractivity contribution in [1.82, 2.24) is 0 Å². The minimum absolute atomic E-state index is 0.0704. The lowest BCUT2D eigenvalue weighted by Crippen LogP contribution is -2.11. The summed E-state index contributed by atoms with van der Waals surface area (Å²) in [6.07, 6.45) is -0.743. The van der Waals surface area contributed by atoms with Gasteiger partial charge in [0, 0.05) is 17.7 Å². The van der Waals surface area contributed by atoms with Crippen LogP contribution in [0, 0.1) is 5.82 Å². The summed E-state index contributed by atoms with van der Waals surface area (Å²) in [5.41, 5.74) is 6.85. The maximum Gasteiger partial charge on any atom is 0.131 e. The Kier molecular flexibility index (Phi) is 4.71. The molecule has 0 radical (unpaired) electrons. The first-order valence-electron chi connectivity index (χ1n) is 6.48. The molecule has 106 valence electrons. The van der Waals surface area contributed by atoms with Crippen LogP contribution in [0.3, 0.4) is 0 Å². The van der Waals surface area contributed by atoms with Gasteiger partial charge in [-0.05, 0) is 18.6 Å². The number of hydrogen-bond donors (Lipinski definition) is 2. The van der Waals surface area contributed by atoms with E-state index in [-0.39, 0.29) is 12.6 Å². The first-order chi connectivity index (χ1) is 9.58. The summed E-state index contributed by atoms with van der Waals surface area (Å²) in [4.78, 5) is 0. The van der Waals surface area contributed by atoms with Crippen molar-refractivity contribution in [3.05, 3.63) is 65.5 Å². The van der Waals surface area contributed by atoms with E-state index in [1.54, 1.807) is 19.1 Å². The predicted octanol–water partition coefficient (Wildman–Crippen LogP) is 2.96. The molecule has 0 aromatic heterocycles. The van der Waals surface area contributed by atoms with E-state index in [0.717, 1.165) is 5.56 Å². The number of benzene rings is 2. The molecule has 3 N–H and O–H groups in total. The zero-order chi connectivity index (χ0) is 14.5. The largest absolute Gasteiger partial charge is 0.490 e. The molecule has 20 heavy (non-hydrogen) atoms. The molecule has 0 bridgehead atoms. The van der Waals surface area contributed by atoms with Crippen LogP contribution < -0.4 is 10.5 Å². The minimum Gasteiger partial charge on any atom is -0.490 e. The van der Waals surface area contributed by atoms with Gasteiger partial charge in [0.15, 0.2) is 0 Å². The maximum absolute atomic E-state index is 13.7. The first kappa shape index (κ1) is 14.5. The maximum atomic E-state index is 13.7. The molecule has 2 atom stereocenters. The van der Waals surface area contributed by atoms with Crippen LogP contribution >= 0.6 is 0 Å². The number of hydrogen-bond acceptors (Lipinski definition) is 3. The molecule has 0 saturated heterocycles. The molecule has 1 unspecified atom stereocenters. The number of aliphatic hydroxyl groups excluding tert-OH is 1. The Morgan fingerprint density at radius 1 is 1.20 bits per heavy atom. The summed E-state index contributed by atoms with van der Waals surface area (Å²) in [7, 11) is 0. The van der Waals surface area contributed by atoms with Crippen molar-refractivity contribution in [2.24, 2.45) is 5.73 Å². The third-order valence-corrected chi connectivity index (χ3v) is 3.05. The van der Waals surface area contributed by atoms with Crippen LogP contribution in [-0.4, -0.2) is 11.7 Å². The number of nitrogens with two attached hydrogens (primary N) is 1. The van der Waals surface area contributed by atoms with Crippen molar-refractivity contribution in [3.8, 4) is 5.75 Å². The lowest BCUT2D eigenvalue weighted by Gasteiger charge is -2.14. The summed E-state index contributed by atoms with van der Waals surface area (Å²) in [5, 5.41) is 9.96. The second kappa shape index (κ2) is 6.50. The number of aliphatic hydroxyl groups is 1. The van der Waals surface area contributed by atoms with Gasteiger partial charge in [-0.3, -0.25) is 0 Å². The molecule has 2 aromatic rings.